The van der Waals surface area contributed by atoms with E-state index < -0.39 is 0 Å². The number of thiophene rings is 1. The summed E-state index contributed by atoms with van der Waals surface area (Å²) < 4.78 is 7.34. The molecule has 0 fully saturated rings. The van der Waals surface area contributed by atoms with E-state index >= 15 is 0 Å². The maximum atomic E-state index is 12.8. The first-order valence-corrected chi connectivity index (χ1v) is 12.6. The van der Waals surface area contributed by atoms with Gasteiger partial charge in [-0.25, -0.2) is 0 Å². The van der Waals surface area contributed by atoms with Crippen molar-refractivity contribution in [2.24, 2.45) is 5.92 Å². The average Bonchev–Trinajstić information content (AvgIpc) is 3.38. The number of pyridine rings is 1. The Labute approximate surface area is 199 Å². The van der Waals surface area contributed by atoms with Crippen LogP contribution in [0.1, 0.15) is 34.9 Å². The Morgan fingerprint density at radius 2 is 2.24 bits per heavy atom. The van der Waals surface area contributed by atoms with Gasteiger partial charge in [-0.2, -0.15) is 5.26 Å². The van der Waals surface area contributed by atoms with E-state index in [4.69, 9.17) is 4.74 Å². The summed E-state index contributed by atoms with van der Waals surface area (Å²) in [6.45, 7) is 4.22. The van der Waals surface area contributed by atoms with E-state index in [1.165, 1.54) is 16.6 Å². The molecular weight excluding hydrogens is 454 g/mol. The van der Waals surface area contributed by atoms with Gasteiger partial charge in [-0.1, -0.05) is 18.7 Å². The molecule has 168 valence electrons. The second-order valence-electron chi connectivity index (χ2n) is 8.40. The molecule has 0 aliphatic heterocycles. The number of anilines is 1. The molecule has 1 amide bonds. The lowest BCUT2D eigenvalue weighted by Gasteiger charge is -2.17. The Bertz CT molecular complexity index is 1430. The molecule has 1 N–H and O–H groups in total. The van der Waals surface area contributed by atoms with Crippen LogP contribution < -0.4 is 10.1 Å². The molecule has 9 heteroatoms. The van der Waals surface area contributed by atoms with Crippen LogP contribution in [0.4, 0.5) is 5.00 Å². The van der Waals surface area contributed by atoms with E-state index in [0.29, 0.717) is 21.6 Å². The molecule has 0 radical (unpaired) electrons. The molecule has 1 aromatic carbocycles. The number of thioether (sulfide) groups is 1. The quantitative estimate of drug-likeness (QED) is 0.407. The maximum Gasteiger partial charge on any atom is 0.235 e. The van der Waals surface area contributed by atoms with Gasteiger partial charge in [0.1, 0.15) is 16.8 Å². The molecule has 4 aromatic rings. The van der Waals surface area contributed by atoms with E-state index in [2.05, 4.69) is 34.6 Å². The zero-order chi connectivity index (χ0) is 23.1. The Balaban J connectivity index is 1.38. The van der Waals surface area contributed by atoms with E-state index in [1.54, 1.807) is 18.4 Å². The SMILES string of the molecule is COc1ccc2c(c1)cc(C)c1nnc(SCC(=O)Nc3sc4c(c3C#N)CCC(C)C4)n12. The molecule has 1 aliphatic carbocycles. The average molecular weight is 478 g/mol. The number of fused-ring (bicyclic) bond motifs is 4. The number of aromatic nitrogens is 3. The highest BCUT2D eigenvalue weighted by molar-refractivity contribution is 7.99. The van der Waals surface area contributed by atoms with E-state index in [-0.39, 0.29) is 11.7 Å². The van der Waals surface area contributed by atoms with Gasteiger partial charge < -0.3 is 10.1 Å². The van der Waals surface area contributed by atoms with Crippen molar-refractivity contribution < 1.29 is 9.53 Å². The van der Waals surface area contributed by atoms with E-state index in [9.17, 15) is 10.1 Å². The lowest BCUT2D eigenvalue weighted by atomic mass is 9.89. The van der Waals surface area contributed by atoms with Crippen molar-refractivity contribution >= 4 is 50.6 Å². The first-order chi connectivity index (χ1) is 16.0. The number of aryl methyl sites for hydroxylation is 1. The molecule has 3 aromatic heterocycles. The van der Waals surface area contributed by atoms with Crippen molar-refractivity contribution in [3.63, 3.8) is 0 Å². The highest BCUT2D eigenvalue weighted by Gasteiger charge is 2.25. The number of nitriles is 1. The Morgan fingerprint density at radius 1 is 1.39 bits per heavy atom. The van der Waals surface area contributed by atoms with Gasteiger partial charge in [0.2, 0.25) is 5.91 Å². The standard InChI is InChI=1S/C24H23N5O2S2/c1-13-4-6-17-18(11-25)23(33-20(17)8-13)26-21(30)12-32-24-28-27-22-14(2)9-15-10-16(31-3)5-7-19(15)29(22)24/h5,7,9-10,13H,4,6,8,12H2,1-3H3,(H,26,30). The highest BCUT2D eigenvalue weighted by atomic mass is 32.2. The summed E-state index contributed by atoms with van der Waals surface area (Å²) in [4.78, 5) is 14.0. The summed E-state index contributed by atoms with van der Waals surface area (Å²) in [5.74, 6) is 1.42. The second-order valence-corrected chi connectivity index (χ2v) is 10.4. The monoisotopic (exact) mass is 477 g/mol. The molecule has 1 unspecified atom stereocenters. The molecule has 0 bridgehead atoms. The van der Waals surface area contributed by atoms with Crippen molar-refractivity contribution in [2.75, 3.05) is 18.2 Å². The largest absolute Gasteiger partial charge is 0.497 e. The van der Waals surface area contributed by atoms with Gasteiger partial charge in [0, 0.05) is 10.3 Å². The van der Waals surface area contributed by atoms with Crippen LogP contribution in [0.2, 0.25) is 0 Å². The first-order valence-electron chi connectivity index (χ1n) is 10.8. The Hall–Kier alpha value is -3.09. The number of rotatable bonds is 5. The van der Waals surface area contributed by atoms with Crippen LogP contribution in [0.25, 0.3) is 16.6 Å². The lowest BCUT2D eigenvalue weighted by molar-refractivity contribution is -0.113. The third kappa shape index (κ3) is 3.94. The van der Waals surface area contributed by atoms with Crippen LogP contribution in [-0.4, -0.2) is 33.4 Å². The number of carbonyl (C=O) groups excluding carboxylic acids is 1. The van der Waals surface area contributed by atoms with Crippen LogP contribution in [0, 0.1) is 24.2 Å². The number of hydrogen-bond acceptors (Lipinski definition) is 7. The lowest BCUT2D eigenvalue weighted by Crippen LogP contribution is -2.14. The minimum Gasteiger partial charge on any atom is -0.497 e. The molecular formula is C24H23N5O2S2. The maximum absolute atomic E-state index is 12.8. The summed E-state index contributed by atoms with van der Waals surface area (Å²) in [5, 5.41) is 23.7. The molecule has 1 aliphatic rings. The number of methoxy groups -OCH3 is 1. The topological polar surface area (TPSA) is 92.3 Å². The number of amides is 1. The molecule has 1 atom stereocenters. The zero-order valence-corrected chi connectivity index (χ0v) is 20.3. The minimum absolute atomic E-state index is 0.154. The summed E-state index contributed by atoms with van der Waals surface area (Å²) >= 11 is 2.88. The molecule has 0 saturated carbocycles. The van der Waals surface area contributed by atoms with Gasteiger partial charge >= 0.3 is 0 Å². The van der Waals surface area contributed by atoms with Crippen LogP contribution in [0.5, 0.6) is 5.75 Å². The van der Waals surface area contributed by atoms with Gasteiger partial charge in [-0.3, -0.25) is 9.20 Å². The number of hydrogen-bond donors (Lipinski definition) is 1. The van der Waals surface area contributed by atoms with Crippen LogP contribution >= 0.6 is 23.1 Å². The fourth-order valence-electron chi connectivity index (χ4n) is 4.36. The fraction of sp³-hybridized carbons (Fsp3) is 0.333. The predicted octanol–water partition coefficient (Wildman–Crippen LogP) is 4.99. The van der Waals surface area contributed by atoms with E-state index in [1.807, 2.05) is 29.5 Å². The van der Waals surface area contributed by atoms with Crippen LogP contribution in [-0.2, 0) is 17.6 Å². The van der Waals surface area contributed by atoms with E-state index in [0.717, 1.165) is 52.7 Å². The van der Waals surface area contributed by atoms with Crippen molar-refractivity contribution in [1.29, 1.82) is 5.26 Å². The number of nitrogens with one attached hydrogen (secondary N) is 1. The zero-order valence-electron chi connectivity index (χ0n) is 18.6. The molecule has 0 saturated heterocycles. The molecule has 33 heavy (non-hydrogen) atoms. The van der Waals surface area contributed by atoms with Gasteiger partial charge in [-0.15, -0.1) is 21.5 Å². The number of benzene rings is 1. The number of nitrogens with zero attached hydrogens (tertiary/aromatic N) is 4. The summed E-state index contributed by atoms with van der Waals surface area (Å²) in [7, 11) is 1.65. The van der Waals surface area contributed by atoms with Gasteiger partial charge in [0.05, 0.1) is 23.9 Å². The van der Waals surface area contributed by atoms with Crippen molar-refractivity contribution in [3.05, 3.63) is 45.8 Å². The Kier molecular flexibility index (Phi) is 5.72. The van der Waals surface area contributed by atoms with Crippen LogP contribution in [0.3, 0.4) is 0 Å². The number of carbonyl (C=O) groups is 1. The third-order valence-electron chi connectivity index (χ3n) is 6.04. The second kappa shape index (κ2) is 8.69. The Morgan fingerprint density at radius 3 is 3.03 bits per heavy atom. The minimum atomic E-state index is -0.154. The van der Waals surface area contributed by atoms with Gasteiger partial charge in [0.15, 0.2) is 10.8 Å². The molecule has 7 nitrogen and oxygen atoms in total. The molecule has 3 heterocycles. The molecule has 5 rings (SSSR count). The predicted molar refractivity (Wildman–Crippen MR) is 131 cm³/mol. The van der Waals surface area contributed by atoms with Crippen molar-refractivity contribution in [2.45, 2.75) is 38.3 Å². The highest BCUT2D eigenvalue weighted by Crippen LogP contribution is 2.39. The third-order valence-corrected chi connectivity index (χ3v) is 8.14. The first kappa shape index (κ1) is 21.7. The van der Waals surface area contributed by atoms with Gasteiger partial charge in [0.25, 0.3) is 0 Å². The van der Waals surface area contributed by atoms with Crippen LogP contribution in [0.15, 0.2) is 29.4 Å². The number of ether oxygens (including phenoxy) is 1. The summed E-state index contributed by atoms with van der Waals surface area (Å²) in [6, 6.07) is 10.2. The normalized spacial score (nSPS) is 15.4. The fourth-order valence-corrected chi connectivity index (χ4v) is 6.48. The van der Waals surface area contributed by atoms with Crippen molar-refractivity contribution in [1.82, 2.24) is 14.6 Å². The smallest absolute Gasteiger partial charge is 0.235 e. The van der Waals surface area contributed by atoms with Gasteiger partial charge in [-0.05, 0) is 67.5 Å². The van der Waals surface area contributed by atoms with Crippen molar-refractivity contribution in [3.8, 4) is 11.8 Å². The summed E-state index contributed by atoms with van der Waals surface area (Å²) in [6.07, 6.45) is 2.96. The summed E-state index contributed by atoms with van der Waals surface area (Å²) in [5.41, 5.74) is 4.46. The molecule has 0 spiro atoms.